The Labute approximate surface area is 101 Å². The van der Waals surface area contributed by atoms with E-state index in [-0.39, 0.29) is 10.8 Å². The predicted molar refractivity (Wildman–Crippen MR) is 68.4 cm³/mol. The zero-order valence-corrected chi connectivity index (χ0v) is 10.6. The van der Waals surface area contributed by atoms with Gasteiger partial charge in [0.1, 0.15) is 0 Å². The van der Waals surface area contributed by atoms with E-state index in [0.717, 1.165) is 18.7 Å². The van der Waals surface area contributed by atoms with Crippen LogP contribution < -0.4 is 0 Å². The second-order valence-corrected chi connectivity index (χ2v) is 5.93. The first-order valence-electron chi connectivity index (χ1n) is 5.58. The molecule has 1 aromatic carbocycles. The minimum Gasteiger partial charge on any atom is -0.327 e. The Morgan fingerprint density at radius 2 is 2.12 bits per heavy atom. The van der Waals surface area contributed by atoms with Crippen LogP contribution in [0.15, 0.2) is 30.3 Å². The number of carbonyl (C=O) groups excluding carboxylic acids is 1. The number of hydrogen-bond donors (Lipinski definition) is 0. The van der Waals surface area contributed by atoms with Crippen LogP contribution in [0.1, 0.15) is 19.4 Å². The number of amides is 1. The molecule has 1 unspecified atom stereocenters. The molecule has 0 aromatic heterocycles. The fourth-order valence-corrected chi connectivity index (χ4v) is 3.64. The van der Waals surface area contributed by atoms with Gasteiger partial charge in [0.2, 0.25) is 5.91 Å². The van der Waals surface area contributed by atoms with Crippen LogP contribution in [-0.4, -0.2) is 28.0 Å². The molecule has 16 heavy (non-hydrogen) atoms. The summed E-state index contributed by atoms with van der Waals surface area (Å²) in [4.78, 5) is 13.5. The van der Waals surface area contributed by atoms with Gasteiger partial charge in [0.05, 0.1) is 4.87 Å². The average Bonchev–Trinajstić information content (AvgIpc) is 2.61. The molecule has 86 valence electrons. The van der Waals surface area contributed by atoms with Gasteiger partial charge >= 0.3 is 0 Å². The van der Waals surface area contributed by atoms with E-state index in [0.29, 0.717) is 0 Å². The van der Waals surface area contributed by atoms with Crippen molar-refractivity contribution in [2.24, 2.45) is 0 Å². The molecule has 1 fully saturated rings. The van der Waals surface area contributed by atoms with Gasteiger partial charge in [-0.25, -0.2) is 0 Å². The van der Waals surface area contributed by atoms with Gasteiger partial charge < -0.3 is 4.90 Å². The van der Waals surface area contributed by atoms with Gasteiger partial charge in [0.15, 0.2) is 0 Å². The van der Waals surface area contributed by atoms with Crippen LogP contribution in [-0.2, 0) is 11.2 Å². The highest BCUT2D eigenvalue weighted by molar-refractivity contribution is 8.00. The van der Waals surface area contributed by atoms with Gasteiger partial charge in [-0.3, -0.25) is 4.79 Å². The molecule has 1 aliphatic heterocycles. The molecule has 2 nitrogen and oxygen atoms in total. The van der Waals surface area contributed by atoms with Gasteiger partial charge in [-0.1, -0.05) is 30.3 Å². The van der Waals surface area contributed by atoms with E-state index >= 15 is 0 Å². The largest absolute Gasteiger partial charge is 0.327 e. The van der Waals surface area contributed by atoms with Crippen molar-refractivity contribution in [1.82, 2.24) is 4.90 Å². The first-order chi connectivity index (χ1) is 7.62. The molecule has 0 bridgehead atoms. The molecule has 1 aliphatic rings. The van der Waals surface area contributed by atoms with Crippen molar-refractivity contribution in [3.05, 3.63) is 35.9 Å². The average molecular weight is 235 g/mol. The van der Waals surface area contributed by atoms with Crippen molar-refractivity contribution in [3.8, 4) is 0 Å². The highest BCUT2D eigenvalue weighted by Gasteiger charge is 2.38. The maximum Gasteiger partial charge on any atom is 0.220 e. The van der Waals surface area contributed by atoms with E-state index in [1.165, 1.54) is 5.56 Å². The van der Waals surface area contributed by atoms with E-state index in [9.17, 15) is 4.79 Å². The van der Waals surface area contributed by atoms with Gasteiger partial charge in [-0.2, -0.15) is 0 Å². The Morgan fingerprint density at radius 1 is 1.44 bits per heavy atom. The molecule has 0 saturated carbocycles. The lowest BCUT2D eigenvalue weighted by Gasteiger charge is -2.33. The summed E-state index contributed by atoms with van der Waals surface area (Å²) in [5, 5.41) is 0. The lowest BCUT2D eigenvalue weighted by Crippen LogP contribution is -2.43. The standard InChI is InChI=1S/C13H17NOS/c1-11(15)14-8-9-16-13(14,2)10-12-6-4-3-5-7-12/h3-7H,8-10H2,1-2H3. The maximum atomic E-state index is 11.6. The minimum atomic E-state index is -0.0623. The quantitative estimate of drug-likeness (QED) is 0.785. The molecule has 0 spiro atoms. The topological polar surface area (TPSA) is 20.3 Å². The Bertz CT molecular complexity index is 379. The second kappa shape index (κ2) is 4.50. The third-order valence-electron chi connectivity index (χ3n) is 3.05. The molecule has 1 amide bonds. The zero-order chi connectivity index (χ0) is 11.6. The third kappa shape index (κ3) is 2.24. The Balaban J connectivity index is 2.16. The summed E-state index contributed by atoms with van der Waals surface area (Å²) in [6.45, 7) is 4.71. The van der Waals surface area contributed by atoms with Gasteiger partial charge in [0, 0.05) is 25.6 Å². The summed E-state index contributed by atoms with van der Waals surface area (Å²) < 4.78 is 0. The van der Waals surface area contributed by atoms with Crippen molar-refractivity contribution in [2.75, 3.05) is 12.3 Å². The fourth-order valence-electron chi connectivity index (χ4n) is 2.28. The number of rotatable bonds is 2. The first-order valence-corrected chi connectivity index (χ1v) is 6.56. The molecular weight excluding hydrogens is 218 g/mol. The zero-order valence-electron chi connectivity index (χ0n) is 9.77. The van der Waals surface area contributed by atoms with Crippen LogP contribution in [0.25, 0.3) is 0 Å². The van der Waals surface area contributed by atoms with E-state index in [1.54, 1.807) is 6.92 Å². The normalized spacial score (nSPS) is 24.8. The number of carbonyl (C=O) groups is 1. The van der Waals surface area contributed by atoms with Crippen LogP contribution in [0.4, 0.5) is 0 Å². The second-order valence-electron chi connectivity index (χ2n) is 4.36. The van der Waals surface area contributed by atoms with Crippen LogP contribution >= 0.6 is 11.8 Å². The summed E-state index contributed by atoms with van der Waals surface area (Å²) in [6.07, 6.45) is 0.929. The van der Waals surface area contributed by atoms with E-state index < -0.39 is 0 Å². The van der Waals surface area contributed by atoms with Gasteiger partial charge in [-0.15, -0.1) is 11.8 Å². The smallest absolute Gasteiger partial charge is 0.220 e. The molecule has 0 N–H and O–H groups in total. The summed E-state index contributed by atoms with van der Waals surface area (Å²) in [7, 11) is 0. The number of nitrogens with zero attached hydrogens (tertiary/aromatic N) is 1. The number of benzene rings is 1. The number of thioether (sulfide) groups is 1. The monoisotopic (exact) mass is 235 g/mol. The van der Waals surface area contributed by atoms with Crippen molar-refractivity contribution in [2.45, 2.75) is 25.1 Å². The van der Waals surface area contributed by atoms with Crippen LogP contribution in [0.3, 0.4) is 0 Å². The van der Waals surface area contributed by atoms with E-state index in [2.05, 4.69) is 31.2 Å². The Kier molecular flexibility index (Phi) is 3.24. The molecular formula is C13H17NOS. The molecule has 1 saturated heterocycles. The van der Waals surface area contributed by atoms with Crippen LogP contribution in [0, 0.1) is 0 Å². The summed E-state index contributed by atoms with van der Waals surface area (Å²) in [5.41, 5.74) is 1.30. The summed E-state index contributed by atoms with van der Waals surface area (Å²) >= 11 is 1.88. The summed E-state index contributed by atoms with van der Waals surface area (Å²) in [6, 6.07) is 10.4. The molecule has 0 aliphatic carbocycles. The third-order valence-corrected chi connectivity index (χ3v) is 4.43. The number of hydrogen-bond acceptors (Lipinski definition) is 2. The Morgan fingerprint density at radius 3 is 2.75 bits per heavy atom. The molecule has 2 rings (SSSR count). The van der Waals surface area contributed by atoms with Crippen molar-refractivity contribution in [3.63, 3.8) is 0 Å². The minimum absolute atomic E-state index is 0.0623. The predicted octanol–water partition coefficient (Wildman–Crippen LogP) is 2.54. The van der Waals surface area contributed by atoms with Crippen LogP contribution in [0.2, 0.25) is 0 Å². The highest BCUT2D eigenvalue weighted by atomic mass is 32.2. The van der Waals surface area contributed by atoms with Crippen molar-refractivity contribution in [1.29, 1.82) is 0 Å². The van der Waals surface area contributed by atoms with Crippen molar-refractivity contribution >= 4 is 17.7 Å². The van der Waals surface area contributed by atoms with Gasteiger partial charge in [-0.05, 0) is 12.5 Å². The molecule has 0 radical (unpaired) electrons. The maximum absolute atomic E-state index is 11.6. The summed E-state index contributed by atoms with van der Waals surface area (Å²) in [5.74, 6) is 1.23. The lowest BCUT2D eigenvalue weighted by atomic mass is 10.1. The molecule has 1 aromatic rings. The van der Waals surface area contributed by atoms with Gasteiger partial charge in [0.25, 0.3) is 0 Å². The SMILES string of the molecule is CC(=O)N1CCSC1(C)Cc1ccccc1. The molecule has 3 heteroatoms. The Hall–Kier alpha value is -0.960. The highest BCUT2D eigenvalue weighted by Crippen LogP contribution is 2.38. The van der Waals surface area contributed by atoms with E-state index in [4.69, 9.17) is 0 Å². The first kappa shape index (κ1) is 11.5. The fraction of sp³-hybridized carbons (Fsp3) is 0.462. The molecule has 1 atom stereocenters. The van der Waals surface area contributed by atoms with Crippen molar-refractivity contribution < 1.29 is 4.79 Å². The van der Waals surface area contributed by atoms with E-state index in [1.807, 2.05) is 22.7 Å². The molecule has 1 heterocycles. The van der Waals surface area contributed by atoms with Crippen LogP contribution in [0.5, 0.6) is 0 Å². The lowest BCUT2D eigenvalue weighted by molar-refractivity contribution is -0.130.